The lowest BCUT2D eigenvalue weighted by atomic mass is 9.83. The molecule has 0 bridgehead atoms. The Morgan fingerprint density at radius 2 is 1.94 bits per heavy atom. The van der Waals surface area contributed by atoms with Gasteiger partial charge in [0.2, 0.25) is 0 Å². The SMILES string of the molecule is CC1=CC=C=CC(C)=C1c1nc(Cl)c(CN2CCc3ccccc3C2C2CCCC2)n1C. The highest BCUT2D eigenvalue weighted by atomic mass is 35.5. The maximum atomic E-state index is 6.80. The van der Waals surface area contributed by atoms with Crippen LogP contribution < -0.4 is 0 Å². The molecule has 1 fully saturated rings. The Labute approximate surface area is 196 Å². The molecule has 0 spiro atoms. The summed E-state index contributed by atoms with van der Waals surface area (Å²) in [5.41, 5.74) is 10.9. The molecule has 5 rings (SSSR count). The first-order valence-corrected chi connectivity index (χ1v) is 12.3. The Bertz CT molecular complexity index is 1150. The van der Waals surface area contributed by atoms with E-state index >= 15 is 0 Å². The van der Waals surface area contributed by atoms with Crippen molar-refractivity contribution in [2.45, 2.75) is 58.5 Å². The molecule has 0 N–H and O–H groups in total. The molecule has 2 heterocycles. The fraction of sp³-hybridized carbons (Fsp3) is 0.429. The van der Waals surface area contributed by atoms with E-state index in [0.29, 0.717) is 11.2 Å². The summed E-state index contributed by atoms with van der Waals surface area (Å²) in [6, 6.07) is 9.55. The number of imidazole rings is 1. The van der Waals surface area contributed by atoms with Gasteiger partial charge < -0.3 is 4.57 Å². The molecule has 3 nitrogen and oxygen atoms in total. The molecule has 32 heavy (non-hydrogen) atoms. The van der Waals surface area contributed by atoms with Crippen molar-refractivity contribution in [3.05, 3.63) is 87.2 Å². The standard InChI is InChI=1S/C28H32ClN3/c1-19-10-4-5-11-20(2)25(19)28-30-27(29)24(31(28)3)18-32-17-16-21-12-8-9-15-23(21)26(32)22-13-6-7-14-22/h4,8-12,15,22,26H,6-7,13-14,16-18H2,1-3H3. The summed E-state index contributed by atoms with van der Waals surface area (Å²) < 4.78 is 2.21. The van der Waals surface area contributed by atoms with Crippen molar-refractivity contribution in [2.75, 3.05) is 6.54 Å². The zero-order chi connectivity index (χ0) is 22.2. The van der Waals surface area contributed by atoms with Gasteiger partial charge in [-0.15, -0.1) is 5.73 Å². The average molecular weight is 446 g/mol. The van der Waals surface area contributed by atoms with Crippen LogP contribution in [0.3, 0.4) is 0 Å². The Morgan fingerprint density at radius 3 is 2.75 bits per heavy atom. The van der Waals surface area contributed by atoms with Gasteiger partial charge in [-0.25, -0.2) is 4.98 Å². The van der Waals surface area contributed by atoms with E-state index < -0.39 is 0 Å². The van der Waals surface area contributed by atoms with Crippen molar-refractivity contribution in [3.63, 3.8) is 0 Å². The fourth-order valence-electron chi connectivity index (χ4n) is 5.90. The van der Waals surface area contributed by atoms with Gasteiger partial charge in [-0.3, -0.25) is 4.90 Å². The number of fused-ring (bicyclic) bond motifs is 1. The minimum Gasteiger partial charge on any atom is -0.329 e. The van der Waals surface area contributed by atoms with Gasteiger partial charge in [-0.2, -0.15) is 0 Å². The van der Waals surface area contributed by atoms with Crippen molar-refractivity contribution in [1.29, 1.82) is 0 Å². The summed E-state index contributed by atoms with van der Waals surface area (Å²) in [6.45, 7) is 6.16. The van der Waals surface area contributed by atoms with Gasteiger partial charge in [0.05, 0.1) is 5.69 Å². The van der Waals surface area contributed by atoms with Crippen LogP contribution in [-0.4, -0.2) is 21.0 Å². The first-order chi connectivity index (χ1) is 15.5. The monoisotopic (exact) mass is 445 g/mol. The number of allylic oxidation sites excluding steroid dienone is 5. The number of aromatic nitrogens is 2. The van der Waals surface area contributed by atoms with E-state index in [9.17, 15) is 0 Å². The molecular weight excluding hydrogens is 414 g/mol. The molecule has 1 aromatic heterocycles. The molecule has 0 amide bonds. The highest BCUT2D eigenvalue weighted by Gasteiger charge is 2.36. The molecular formula is C28H32ClN3. The molecule has 1 atom stereocenters. The second-order valence-electron chi connectivity index (χ2n) is 9.53. The van der Waals surface area contributed by atoms with E-state index in [1.165, 1.54) is 48.0 Å². The molecule has 1 unspecified atom stereocenters. The Hall–Kier alpha value is -2.32. The summed E-state index contributed by atoms with van der Waals surface area (Å²) in [6.07, 6.45) is 12.6. The zero-order valence-electron chi connectivity index (χ0n) is 19.4. The lowest BCUT2D eigenvalue weighted by Gasteiger charge is -2.41. The zero-order valence-corrected chi connectivity index (χ0v) is 20.1. The van der Waals surface area contributed by atoms with Gasteiger partial charge in [-0.1, -0.05) is 54.8 Å². The lowest BCUT2D eigenvalue weighted by Crippen LogP contribution is -2.38. The smallest absolute Gasteiger partial charge is 0.152 e. The van der Waals surface area contributed by atoms with E-state index in [4.69, 9.17) is 16.6 Å². The third kappa shape index (κ3) is 3.83. The van der Waals surface area contributed by atoms with E-state index in [2.05, 4.69) is 66.4 Å². The predicted octanol–water partition coefficient (Wildman–Crippen LogP) is 6.81. The molecule has 3 aliphatic rings. The van der Waals surface area contributed by atoms with E-state index in [0.717, 1.165) is 42.5 Å². The van der Waals surface area contributed by atoms with Crippen LogP contribution in [0.1, 0.15) is 68.2 Å². The largest absolute Gasteiger partial charge is 0.329 e. The minimum absolute atomic E-state index is 0.476. The predicted molar refractivity (Wildman–Crippen MR) is 132 cm³/mol. The summed E-state index contributed by atoms with van der Waals surface area (Å²) in [4.78, 5) is 7.52. The van der Waals surface area contributed by atoms with Crippen LogP contribution in [0.15, 0.2) is 59.4 Å². The highest BCUT2D eigenvalue weighted by molar-refractivity contribution is 6.30. The van der Waals surface area contributed by atoms with Gasteiger partial charge >= 0.3 is 0 Å². The third-order valence-electron chi connectivity index (χ3n) is 7.54. The van der Waals surface area contributed by atoms with E-state index in [1.807, 2.05) is 12.2 Å². The molecule has 0 saturated heterocycles. The first-order valence-electron chi connectivity index (χ1n) is 11.9. The van der Waals surface area contributed by atoms with Crippen molar-refractivity contribution < 1.29 is 0 Å². The average Bonchev–Trinajstić information content (AvgIpc) is 3.37. The second-order valence-corrected chi connectivity index (χ2v) is 9.88. The van der Waals surface area contributed by atoms with E-state index in [1.54, 1.807) is 0 Å². The van der Waals surface area contributed by atoms with Crippen LogP contribution >= 0.6 is 11.6 Å². The van der Waals surface area contributed by atoms with Crippen molar-refractivity contribution >= 4 is 17.2 Å². The molecule has 166 valence electrons. The number of hydrogen-bond donors (Lipinski definition) is 0. The quantitative estimate of drug-likeness (QED) is 0.482. The van der Waals surface area contributed by atoms with Crippen molar-refractivity contribution in [3.8, 4) is 0 Å². The fourth-order valence-corrected chi connectivity index (χ4v) is 6.17. The summed E-state index contributed by atoms with van der Waals surface area (Å²) in [5.74, 6) is 1.68. The molecule has 2 aromatic rings. The normalized spacial score (nSPS) is 21.8. The molecule has 4 heteroatoms. The summed E-state index contributed by atoms with van der Waals surface area (Å²) >= 11 is 6.80. The topological polar surface area (TPSA) is 21.1 Å². The maximum Gasteiger partial charge on any atom is 0.152 e. The van der Waals surface area contributed by atoms with Crippen LogP contribution in [-0.2, 0) is 20.0 Å². The molecule has 1 saturated carbocycles. The van der Waals surface area contributed by atoms with Gasteiger partial charge in [0.25, 0.3) is 0 Å². The maximum absolute atomic E-state index is 6.80. The highest BCUT2D eigenvalue weighted by Crippen LogP contribution is 2.44. The van der Waals surface area contributed by atoms with Crippen LogP contribution in [0, 0.1) is 5.92 Å². The lowest BCUT2D eigenvalue weighted by molar-refractivity contribution is 0.120. The van der Waals surface area contributed by atoms with Gasteiger partial charge in [0.1, 0.15) is 5.82 Å². The number of rotatable bonds is 4. The third-order valence-corrected chi connectivity index (χ3v) is 7.84. The Morgan fingerprint density at radius 1 is 1.16 bits per heavy atom. The minimum atomic E-state index is 0.476. The summed E-state index contributed by atoms with van der Waals surface area (Å²) in [5, 5.41) is 0.626. The Balaban J connectivity index is 1.51. The number of halogens is 1. The van der Waals surface area contributed by atoms with Crippen LogP contribution in [0.4, 0.5) is 0 Å². The molecule has 0 radical (unpaired) electrons. The van der Waals surface area contributed by atoms with Gasteiger partial charge in [0.15, 0.2) is 5.15 Å². The van der Waals surface area contributed by atoms with Crippen LogP contribution in [0.5, 0.6) is 0 Å². The molecule has 1 aliphatic heterocycles. The van der Waals surface area contributed by atoms with E-state index in [-0.39, 0.29) is 0 Å². The van der Waals surface area contributed by atoms with Crippen molar-refractivity contribution in [2.24, 2.45) is 13.0 Å². The number of nitrogens with zero attached hydrogens (tertiary/aromatic N) is 3. The van der Waals surface area contributed by atoms with Crippen molar-refractivity contribution in [1.82, 2.24) is 14.5 Å². The molecule has 1 aromatic carbocycles. The number of benzene rings is 1. The Kier molecular flexibility index (Phi) is 5.99. The van der Waals surface area contributed by atoms with Crippen LogP contribution in [0.25, 0.3) is 5.57 Å². The number of hydrogen-bond acceptors (Lipinski definition) is 2. The van der Waals surface area contributed by atoms with Gasteiger partial charge in [-0.05, 0) is 73.5 Å². The van der Waals surface area contributed by atoms with Crippen LogP contribution in [0.2, 0.25) is 5.15 Å². The molecule has 2 aliphatic carbocycles. The second kappa shape index (κ2) is 8.90. The summed E-state index contributed by atoms with van der Waals surface area (Å²) in [7, 11) is 2.11. The first kappa shape index (κ1) is 21.5. The van der Waals surface area contributed by atoms with Gasteiger partial charge in [0, 0.05) is 31.8 Å².